The van der Waals surface area contributed by atoms with E-state index in [9.17, 15) is 27.6 Å². The number of ether oxygens (including phenoxy) is 1. The summed E-state index contributed by atoms with van der Waals surface area (Å²) in [6, 6.07) is 8.21. The van der Waals surface area contributed by atoms with Crippen molar-refractivity contribution in [2.75, 3.05) is 52.5 Å². The highest BCUT2D eigenvalue weighted by Crippen LogP contribution is 2.31. The Balaban J connectivity index is 1.42. The average molecular weight is 486 g/mol. The summed E-state index contributed by atoms with van der Waals surface area (Å²) in [5.74, 6) is -1.01. The molecule has 2 saturated heterocycles. The highest BCUT2D eigenvalue weighted by Gasteiger charge is 2.52. The van der Waals surface area contributed by atoms with E-state index in [1.807, 2.05) is 11.0 Å². The summed E-state index contributed by atoms with van der Waals surface area (Å²) < 4.78 is 40.8. The molecule has 1 aromatic carbocycles. The Kier molecular flexibility index (Phi) is 8.50. The number of carbonyl (C=O) groups is 3. The number of carbonyl (C=O) groups excluding carboxylic acids is 3. The van der Waals surface area contributed by atoms with Gasteiger partial charge >= 0.3 is 12.2 Å². The molecule has 12 heteroatoms. The first-order chi connectivity index (χ1) is 16.1. The molecule has 34 heavy (non-hydrogen) atoms. The van der Waals surface area contributed by atoms with Crippen LogP contribution in [0.1, 0.15) is 25.3 Å². The normalized spacial score (nSPS) is 22.2. The second kappa shape index (κ2) is 11.2. The highest BCUT2D eigenvalue weighted by atomic mass is 19.4. The van der Waals surface area contributed by atoms with Gasteiger partial charge in [-0.15, -0.1) is 0 Å². The van der Waals surface area contributed by atoms with E-state index in [1.54, 1.807) is 31.2 Å². The summed E-state index contributed by atoms with van der Waals surface area (Å²) in [6.45, 7) is 3.70. The second-order valence-corrected chi connectivity index (χ2v) is 8.37. The molecule has 1 atom stereocenters. The Morgan fingerprint density at radius 2 is 1.76 bits per heavy atom. The first kappa shape index (κ1) is 25.9. The van der Waals surface area contributed by atoms with Gasteiger partial charge in [0.15, 0.2) is 0 Å². The molecule has 4 amide bonds. The number of amides is 4. The molecule has 188 valence electrons. The molecule has 9 nitrogen and oxygen atoms in total. The maximum atomic E-state index is 13.1. The van der Waals surface area contributed by atoms with Crippen molar-refractivity contribution in [2.45, 2.75) is 31.5 Å². The number of urea groups is 1. The Bertz CT molecular complexity index is 862. The van der Waals surface area contributed by atoms with E-state index < -0.39 is 36.2 Å². The molecule has 2 aliphatic heterocycles. The summed E-state index contributed by atoms with van der Waals surface area (Å²) in [4.78, 5) is 42.1. The van der Waals surface area contributed by atoms with E-state index >= 15 is 0 Å². The molecular formula is C22H30F3N5O4. The number of hydrazine groups is 1. The monoisotopic (exact) mass is 485 g/mol. The first-order valence-corrected chi connectivity index (χ1v) is 11.3. The SMILES string of the molecule is CCC1(c2ccccc2)NC(=O)N(NC(=O)CN2CCN(CCCOCC(F)(F)F)CC2)C1=O. The standard InChI is InChI=1S/C22H30F3N5O4/c1-2-21(17-7-4-3-5-8-17)19(32)30(20(33)26-21)27-18(31)15-29-12-10-28(11-13-29)9-6-14-34-16-22(23,24)25/h3-5,7-8H,2,6,9-16H2,1H3,(H,26,33)(H,27,31). The quantitative estimate of drug-likeness (QED) is 0.385. The fourth-order valence-electron chi connectivity index (χ4n) is 4.15. The highest BCUT2D eigenvalue weighted by molar-refractivity contribution is 6.08. The van der Waals surface area contributed by atoms with E-state index in [0.717, 1.165) is 5.01 Å². The number of hydrogen-bond acceptors (Lipinski definition) is 6. The summed E-state index contributed by atoms with van der Waals surface area (Å²) in [5.41, 5.74) is 1.85. The minimum atomic E-state index is -4.31. The number of hydrogen-bond donors (Lipinski definition) is 2. The molecule has 0 bridgehead atoms. The van der Waals surface area contributed by atoms with Gasteiger partial charge in [0, 0.05) is 39.3 Å². The molecule has 0 spiro atoms. The zero-order chi connectivity index (χ0) is 24.8. The van der Waals surface area contributed by atoms with Gasteiger partial charge in [0.1, 0.15) is 12.1 Å². The molecule has 1 unspecified atom stereocenters. The average Bonchev–Trinajstić information content (AvgIpc) is 3.05. The van der Waals surface area contributed by atoms with E-state index in [0.29, 0.717) is 51.1 Å². The molecule has 0 radical (unpaired) electrons. The van der Waals surface area contributed by atoms with Gasteiger partial charge in [0.05, 0.1) is 6.54 Å². The fourth-order valence-corrected chi connectivity index (χ4v) is 4.15. The van der Waals surface area contributed by atoms with Crippen LogP contribution in [0, 0.1) is 0 Å². The summed E-state index contributed by atoms with van der Waals surface area (Å²) in [5, 5.41) is 3.46. The van der Waals surface area contributed by atoms with Gasteiger partial charge in [-0.25, -0.2) is 4.79 Å². The third kappa shape index (κ3) is 6.45. The van der Waals surface area contributed by atoms with E-state index in [-0.39, 0.29) is 13.2 Å². The van der Waals surface area contributed by atoms with Gasteiger partial charge < -0.3 is 15.0 Å². The van der Waals surface area contributed by atoms with Crippen LogP contribution in [0.5, 0.6) is 0 Å². The predicted octanol–water partition coefficient (Wildman–Crippen LogP) is 1.46. The lowest BCUT2D eigenvalue weighted by molar-refractivity contribution is -0.174. The van der Waals surface area contributed by atoms with Crippen molar-refractivity contribution in [3.63, 3.8) is 0 Å². The zero-order valence-corrected chi connectivity index (χ0v) is 19.1. The molecular weight excluding hydrogens is 455 g/mol. The largest absolute Gasteiger partial charge is 0.411 e. The van der Waals surface area contributed by atoms with Crippen LogP contribution in [0.4, 0.5) is 18.0 Å². The Labute approximate surface area is 196 Å². The molecule has 2 aliphatic rings. The number of piperazine rings is 1. The number of rotatable bonds is 10. The lowest BCUT2D eigenvalue weighted by Crippen LogP contribution is -2.53. The van der Waals surface area contributed by atoms with Crippen molar-refractivity contribution in [3.05, 3.63) is 35.9 Å². The van der Waals surface area contributed by atoms with Crippen LogP contribution in [-0.2, 0) is 19.9 Å². The number of imide groups is 1. The van der Waals surface area contributed by atoms with Crippen LogP contribution in [0.2, 0.25) is 0 Å². The van der Waals surface area contributed by atoms with Crippen LogP contribution in [-0.4, -0.2) is 91.3 Å². The van der Waals surface area contributed by atoms with Crippen molar-refractivity contribution >= 4 is 17.8 Å². The number of nitrogens with zero attached hydrogens (tertiary/aromatic N) is 3. The molecule has 2 heterocycles. The summed E-state index contributed by atoms with van der Waals surface area (Å²) >= 11 is 0. The van der Waals surface area contributed by atoms with Gasteiger partial charge in [-0.1, -0.05) is 37.3 Å². The van der Waals surface area contributed by atoms with Crippen LogP contribution < -0.4 is 10.7 Å². The van der Waals surface area contributed by atoms with Gasteiger partial charge in [-0.2, -0.15) is 18.2 Å². The molecule has 0 aromatic heterocycles. The minimum absolute atomic E-state index is 0.0179. The molecule has 0 saturated carbocycles. The maximum Gasteiger partial charge on any atom is 0.411 e. The summed E-state index contributed by atoms with van der Waals surface area (Å²) in [6.07, 6.45) is -3.49. The molecule has 2 N–H and O–H groups in total. The van der Waals surface area contributed by atoms with Gasteiger partial charge in [-0.3, -0.25) is 19.9 Å². The lowest BCUT2D eigenvalue weighted by Gasteiger charge is -2.34. The fraction of sp³-hybridized carbons (Fsp3) is 0.591. The Hall–Kier alpha value is -2.70. The predicted molar refractivity (Wildman–Crippen MR) is 116 cm³/mol. The van der Waals surface area contributed by atoms with Crippen LogP contribution >= 0.6 is 0 Å². The molecule has 0 aliphatic carbocycles. The van der Waals surface area contributed by atoms with E-state index in [1.165, 1.54) is 0 Å². The summed E-state index contributed by atoms with van der Waals surface area (Å²) in [7, 11) is 0. The smallest absolute Gasteiger partial charge is 0.372 e. The van der Waals surface area contributed by atoms with Crippen molar-refractivity contribution in [1.82, 2.24) is 25.6 Å². The van der Waals surface area contributed by atoms with Gasteiger partial charge in [0.25, 0.3) is 11.8 Å². The maximum absolute atomic E-state index is 13.1. The number of alkyl halides is 3. The van der Waals surface area contributed by atoms with Crippen molar-refractivity contribution in [1.29, 1.82) is 0 Å². The molecule has 2 fully saturated rings. The van der Waals surface area contributed by atoms with Crippen LogP contribution in [0.3, 0.4) is 0 Å². The minimum Gasteiger partial charge on any atom is -0.372 e. The lowest BCUT2D eigenvalue weighted by atomic mass is 9.87. The van der Waals surface area contributed by atoms with Crippen LogP contribution in [0.15, 0.2) is 30.3 Å². The first-order valence-electron chi connectivity index (χ1n) is 11.3. The number of nitrogens with one attached hydrogen (secondary N) is 2. The van der Waals surface area contributed by atoms with Crippen molar-refractivity contribution in [2.24, 2.45) is 0 Å². The molecule has 1 aromatic rings. The van der Waals surface area contributed by atoms with Crippen molar-refractivity contribution in [3.8, 4) is 0 Å². The molecule has 3 rings (SSSR count). The second-order valence-electron chi connectivity index (χ2n) is 8.37. The van der Waals surface area contributed by atoms with Crippen LogP contribution in [0.25, 0.3) is 0 Å². The Morgan fingerprint density at radius 3 is 2.38 bits per heavy atom. The van der Waals surface area contributed by atoms with E-state index in [2.05, 4.69) is 20.4 Å². The third-order valence-corrected chi connectivity index (χ3v) is 5.99. The zero-order valence-electron chi connectivity index (χ0n) is 19.1. The number of benzene rings is 1. The third-order valence-electron chi connectivity index (χ3n) is 5.99. The van der Waals surface area contributed by atoms with Gasteiger partial charge in [-0.05, 0) is 18.4 Å². The van der Waals surface area contributed by atoms with Gasteiger partial charge in [0.2, 0.25) is 0 Å². The van der Waals surface area contributed by atoms with E-state index in [4.69, 9.17) is 0 Å². The Morgan fingerprint density at radius 1 is 1.12 bits per heavy atom. The number of halogens is 3. The topological polar surface area (TPSA) is 94.2 Å². The van der Waals surface area contributed by atoms with Crippen molar-refractivity contribution < 1.29 is 32.3 Å².